The third-order valence-corrected chi connectivity index (χ3v) is 4.12. The summed E-state index contributed by atoms with van der Waals surface area (Å²) in [7, 11) is 9.02. The third kappa shape index (κ3) is 16.1. The fraction of sp³-hybridized carbons (Fsp3) is 1.00. The fourth-order valence-electron chi connectivity index (χ4n) is 2.65. The van der Waals surface area contributed by atoms with E-state index in [-0.39, 0.29) is 11.0 Å². The van der Waals surface area contributed by atoms with Gasteiger partial charge in [0.2, 0.25) is 0 Å². The van der Waals surface area contributed by atoms with E-state index in [1.54, 1.807) is 0 Å². The number of unbranched alkanes of at least 4 members (excludes halogenated alkanes) is 3. The predicted octanol–water partition coefficient (Wildman–Crippen LogP) is 1.11. The highest BCUT2D eigenvalue weighted by Gasteiger charge is 2.15. The molecule has 6 nitrogen and oxygen atoms in total. The summed E-state index contributed by atoms with van der Waals surface area (Å²) in [6, 6.07) is 0. The number of hydrogen-bond acceptors (Lipinski definition) is 4. The highest BCUT2D eigenvalue weighted by atomic mass is 16.3. The van der Waals surface area contributed by atoms with E-state index in [0.29, 0.717) is 13.2 Å². The summed E-state index contributed by atoms with van der Waals surface area (Å²) in [6.07, 6.45) is 6.99. The molecule has 6 heteroatoms. The van der Waals surface area contributed by atoms with Crippen LogP contribution in [0.1, 0.15) is 38.5 Å². The van der Waals surface area contributed by atoms with Gasteiger partial charge in [0.1, 0.15) is 0 Å². The monoisotopic (exact) mass is 324 g/mol. The summed E-state index contributed by atoms with van der Waals surface area (Å²) in [5.74, 6) is 0. The first-order valence-corrected chi connectivity index (χ1v) is 8.19. The highest BCUT2D eigenvalue weighted by molar-refractivity contribution is 4.45. The van der Waals surface area contributed by atoms with Crippen molar-refractivity contribution in [2.24, 2.45) is 0 Å². The smallest absolute Gasteiger partial charge is 0.0804 e. The van der Waals surface area contributed by atoms with Crippen LogP contribution in [0.15, 0.2) is 0 Å². The second-order valence-corrected chi connectivity index (χ2v) is 7.33. The summed E-state index contributed by atoms with van der Waals surface area (Å²) in [4.78, 5) is 0. The highest BCUT2D eigenvalue weighted by Crippen LogP contribution is 2.09. The molecule has 0 rings (SSSR count). The molecule has 0 aromatic carbocycles. The quantitative estimate of drug-likeness (QED) is 0.391. The van der Waals surface area contributed by atoms with Crippen molar-refractivity contribution >= 4 is 0 Å². The standard InChI is InChI=1S/C16H38N2O2.2H2O/c1-17(2,13-9-15-19)11-7-5-6-8-12-18(3,4)14-10-16-20;;/h19-20H,5-16H2,1-4H3;2*1H2/q+2;;/p-2. The van der Waals surface area contributed by atoms with Gasteiger partial charge in [-0.25, -0.2) is 0 Å². The summed E-state index contributed by atoms with van der Waals surface area (Å²) in [6.45, 7) is 5.18. The average Bonchev–Trinajstić information content (AvgIpc) is 2.38. The molecule has 0 aliphatic heterocycles. The van der Waals surface area contributed by atoms with Gasteiger partial charge in [0.15, 0.2) is 0 Å². The molecule has 0 heterocycles. The predicted molar refractivity (Wildman–Crippen MR) is 89.4 cm³/mol. The van der Waals surface area contributed by atoms with Crippen molar-refractivity contribution in [1.82, 2.24) is 0 Å². The molecule has 138 valence electrons. The zero-order valence-electron chi connectivity index (χ0n) is 15.2. The lowest BCUT2D eigenvalue weighted by Crippen LogP contribution is -2.42. The molecule has 0 aromatic rings. The molecule has 0 aliphatic carbocycles. The van der Waals surface area contributed by atoms with Gasteiger partial charge in [0, 0.05) is 26.1 Å². The minimum Gasteiger partial charge on any atom is -0.870 e. The topological polar surface area (TPSA) is 100 Å². The van der Waals surface area contributed by atoms with Gasteiger partial charge >= 0.3 is 0 Å². The number of aliphatic hydroxyl groups excluding tert-OH is 2. The molecular formula is C16H40N2O4. The lowest BCUT2D eigenvalue weighted by atomic mass is 10.1. The van der Waals surface area contributed by atoms with Gasteiger partial charge in [-0.05, 0) is 25.7 Å². The molecule has 0 aliphatic rings. The summed E-state index contributed by atoms with van der Waals surface area (Å²) < 4.78 is 2.05. The Kier molecular flexibility index (Phi) is 17.4. The molecule has 0 amide bonds. The van der Waals surface area contributed by atoms with Crippen LogP contribution in [0.5, 0.6) is 0 Å². The number of hydrogen-bond donors (Lipinski definition) is 2. The maximum absolute atomic E-state index is 8.88. The zero-order valence-corrected chi connectivity index (χ0v) is 15.2. The van der Waals surface area contributed by atoms with Crippen molar-refractivity contribution < 1.29 is 30.1 Å². The van der Waals surface area contributed by atoms with Crippen molar-refractivity contribution in [2.45, 2.75) is 38.5 Å². The maximum Gasteiger partial charge on any atom is 0.0804 e. The van der Waals surface area contributed by atoms with E-state index in [0.717, 1.165) is 34.9 Å². The first-order valence-electron chi connectivity index (χ1n) is 8.19. The molecule has 0 radical (unpaired) electrons. The zero-order chi connectivity index (χ0) is 15.5. The van der Waals surface area contributed by atoms with E-state index in [1.165, 1.54) is 38.8 Å². The van der Waals surface area contributed by atoms with E-state index in [4.69, 9.17) is 10.2 Å². The van der Waals surface area contributed by atoms with Gasteiger partial charge in [-0.15, -0.1) is 0 Å². The lowest BCUT2D eigenvalue weighted by molar-refractivity contribution is -0.891. The van der Waals surface area contributed by atoms with Crippen molar-refractivity contribution in [1.29, 1.82) is 0 Å². The van der Waals surface area contributed by atoms with Crippen LogP contribution in [0, 0.1) is 0 Å². The van der Waals surface area contributed by atoms with Crippen LogP contribution in [-0.2, 0) is 0 Å². The van der Waals surface area contributed by atoms with Crippen molar-refractivity contribution in [3.63, 3.8) is 0 Å². The largest absolute Gasteiger partial charge is 0.870 e. The Balaban J connectivity index is -0.00000180. The van der Waals surface area contributed by atoms with Crippen LogP contribution >= 0.6 is 0 Å². The maximum atomic E-state index is 8.88. The van der Waals surface area contributed by atoms with Gasteiger partial charge in [-0.3, -0.25) is 0 Å². The second-order valence-electron chi connectivity index (χ2n) is 7.33. The number of rotatable bonds is 13. The van der Waals surface area contributed by atoms with Gasteiger partial charge in [0.25, 0.3) is 0 Å². The molecule has 0 unspecified atom stereocenters. The van der Waals surface area contributed by atoms with E-state index in [2.05, 4.69) is 28.2 Å². The normalized spacial score (nSPS) is 11.7. The first-order chi connectivity index (χ1) is 9.33. The van der Waals surface area contributed by atoms with Gasteiger partial charge < -0.3 is 30.1 Å². The molecule has 0 aromatic heterocycles. The molecule has 0 bridgehead atoms. The van der Waals surface area contributed by atoms with E-state index in [9.17, 15) is 0 Å². The molecule has 0 fully saturated rings. The van der Waals surface area contributed by atoms with Crippen LogP contribution in [0.3, 0.4) is 0 Å². The lowest BCUT2D eigenvalue weighted by Gasteiger charge is -2.30. The van der Waals surface area contributed by atoms with Crippen LogP contribution < -0.4 is 0 Å². The Hall–Kier alpha value is -0.240. The summed E-state index contributed by atoms with van der Waals surface area (Å²) in [5.41, 5.74) is 0. The Bertz CT molecular complexity index is 212. The van der Waals surface area contributed by atoms with Crippen molar-refractivity contribution in [2.75, 3.05) is 67.6 Å². The number of aliphatic hydroxyl groups is 2. The van der Waals surface area contributed by atoms with E-state index < -0.39 is 0 Å². The van der Waals surface area contributed by atoms with Crippen LogP contribution in [0.25, 0.3) is 0 Å². The van der Waals surface area contributed by atoms with Crippen molar-refractivity contribution in [3.05, 3.63) is 0 Å². The fourth-order valence-corrected chi connectivity index (χ4v) is 2.65. The molecule has 0 saturated heterocycles. The molecule has 0 spiro atoms. The van der Waals surface area contributed by atoms with Crippen molar-refractivity contribution in [3.8, 4) is 0 Å². The first kappa shape index (κ1) is 26.6. The average molecular weight is 325 g/mol. The van der Waals surface area contributed by atoms with Gasteiger partial charge in [-0.2, -0.15) is 0 Å². The molecular weight excluding hydrogens is 284 g/mol. The van der Waals surface area contributed by atoms with Crippen LogP contribution in [-0.4, -0.2) is 97.7 Å². The Morgan fingerprint density at radius 2 is 0.773 bits per heavy atom. The minimum atomic E-state index is 0. The SMILES string of the molecule is C[N+](C)(CCCO)CCCCCC[N+](C)(C)CCCO.[OH-].[OH-]. The molecule has 4 N–H and O–H groups in total. The van der Waals surface area contributed by atoms with Gasteiger partial charge in [0.05, 0.1) is 54.4 Å². The number of nitrogens with zero attached hydrogens (tertiary/aromatic N) is 2. The van der Waals surface area contributed by atoms with E-state index >= 15 is 0 Å². The Morgan fingerprint density at radius 1 is 0.500 bits per heavy atom. The van der Waals surface area contributed by atoms with Crippen LogP contribution in [0.2, 0.25) is 0 Å². The second kappa shape index (κ2) is 14.4. The Morgan fingerprint density at radius 3 is 1.05 bits per heavy atom. The Labute approximate surface area is 137 Å². The minimum absolute atomic E-state index is 0. The van der Waals surface area contributed by atoms with E-state index in [1.807, 2.05) is 0 Å². The third-order valence-electron chi connectivity index (χ3n) is 4.12. The molecule has 0 atom stereocenters. The summed E-state index contributed by atoms with van der Waals surface area (Å²) >= 11 is 0. The molecule has 0 saturated carbocycles. The molecule has 22 heavy (non-hydrogen) atoms. The summed E-state index contributed by atoms with van der Waals surface area (Å²) in [5, 5.41) is 17.8. The van der Waals surface area contributed by atoms with Crippen LogP contribution in [0.4, 0.5) is 0 Å². The van der Waals surface area contributed by atoms with Gasteiger partial charge in [-0.1, -0.05) is 0 Å². The number of quaternary nitrogens is 2.